The summed E-state index contributed by atoms with van der Waals surface area (Å²) in [4.78, 5) is 0.867. The minimum Gasteiger partial charge on any atom is -0.455 e. The van der Waals surface area contributed by atoms with Gasteiger partial charge in [0.2, 0.25) is 0 Å². The van der Waals surface area contributed by atoms with Crippen molar-refractivity contribution < 1.29 is 4.74 Å². The van der Waals surface area contributed by atoms with Gasteiger partial charge >= 0.3 is 0 Å². The summed E-state index contributed by atoms with van der Waals surface area (Å²) in [6, 6.07) is 14.5. The molecule has 0 spiro atoms. The molecule has 0 aromatic heterocycles. The summed E-state index contributed by atoms with van der Waals surface area (Å²) in [5.74, 6) is 1.70. The average molecular weight is 295 g/mol. The van der Waals surface area contributed by atoms with Gasteiger partial charge in [-0.15, -0.1) is 11.8 Å². The SMILES string of the molecule is CCSc1cccc(Oc2ccc(N)cc2C#N)c1C#N. The van der Waals surface area contributed by atoms with Gasteiger partial charge in [-0.25, -0.2) is 0 Å². The van der Waals surface area contributed by atoms with E-state index < -0.39 is 0 Å². The number of ether oxygens (including phenoxy) is 1. The van der Waals surface area contributed by atoms with E-state index in [0.717, 1.165) is 10.6 Å². The predicted octanol–water partition coefficient (Wildman–Crippen LogP) is 3.92. The Morgan fingerprint density at radius 3 is 2.62 bits per heavy atom. The molecule has 21 heavy (non-hydrogen) atoms. The van der Waals surface area contributed by atoms with E-state index in [1.807, 2.05) is 25.1 Å². The summed E-state index contributed by atoms with van der Waals surface area (Å²) in [6.45, 7) is 2.02. The van der Waals surface area contributed by atoms with Crippen LogP contribution in [-0.2, 0) is 0 Å². The summed E-state index contributed by atoms with van der Waals surface area (Å²) >= 11 is 1.58. The Morgan fingerprint density at radius 1 is 1.14 bits per heavy atom. The highest BCUT2D eigenvalue weighted by molar-refractivity contribution is 7.99. The van der Waals surface area contributed by atoms with Crippen LogP contribution in [0.25, 0.3) is 0 Å². The van der Waals surface area contributed by atoms with Gasteiger partial charge in [0, 0.05) is 10.6 Å². The van der Waals surface area contributed by atoms with Gasteiger partial charge in [-0.1, -0.05) is 13.0 Å². The van der Waals surface area contributed by atoms with Crippen molar-refractivity contribution in [3.63, 3.8) is 0 Å². The number of nitrogens with zero attached hydrogens (tertiary/aromatic N) is 2. The monoisotopic (exact) mass is 295 g/mol. The van der Waals surface area contributed by atoms with Crippen molar-refractivity contribution in [2.45, 2.75) is 11.8 Å². The third kappa shape index (κ3) is 3.28. The lowest BCUT2D eigenvalue weighted by Crippen LogP contribution is -1.94. The lowest BCUT2D eigenvalue weighted by Gasteiger charge is -2.11. The molecule has 2 rings (SSSR count). The molecule has 0 radical (unpaired) electrons. The van der Waals surface area contributed by atoms with Gasteiger partial charge in [-0.2, -0.15) is 10.5 Å². The van der Waals surface area contributed by atoms with Crippen LogP contribution in [0.4, 0.5) is 5.69 Å². The lowest BCUT2D eigenvalue weighted by molar-refractivity contribution is 0.478. The van der Waals surface area contributed by atoms with E-state index in [4.69, 9.17) is 15.7 Å². The highest BCUT2D eigenvalue weighted by Gasteiger charge is 2.12. The summed E-state index contributed by atoms with van der Waals surface area (Å²) < 4.78 is 5.75. The Morgan fingerprint density at radius 2 is 1.95 bits per heavy atom. The number of nitrogen functional groups attached to an aromatic ring is 1. The fourth-order valence-corrected chi connectivity index (χ4v) is 2.60. The van der Waals surface area contributed by atoms with Crippen molar-refractivity contribution in [1.29, 1.82) is 10.5 Å². The third-order valence-corrected chi connectivity index (χ3v) is 3.68. The normalized spacial score (nSPS) is 9.67. The topological polar surface area (TPSA) is 82.8 Å². The van der Waals surface area contributed by atoms with Gasteiger partial charge in [-0.3, -0.25) is 0 Å². The van der Waals surface area contributed by atoms with Gasteiger partial charge in [0.1, 0.15) is 29.2 Å². The van der Waals surface area contributed by atoms with Crippen molar-refractivity contribution in [2.24, 2.45) is 0 Å². The van der Waals surface area contributed by atoms with E-state index in [-0.39, 0.29) is 0 Å². The van der Waals surface area contributed by atoms with Crippen LogP contribution >= 0.6 is 11.8 Å². The molecule has 0 aliphatic carbocycles. The highest BCUT2D eigenvalue weighted by atomic mass is 32.2. The van der Waals surface area contributed by atoms with Crippen LogP contribution < -0.4 is 10.5 Å². The van der Waals surface area contributed by atoms with Crippen LogP contribution in [0, 0.1) is 22.7 Å². The molecule has 2 aromatic carbocycles. The number of hydrogen-bond donors (Lipinski definition) is 1. The van der Waals surface area contributed by atoms with Crippen LogP contribution in [0.15, 0.2) is 41.3 Å². The Kier molecular flexibility index (Phi) is 4.71. The Balaban J connectivity index is 2.43. The molecule has 0 atom stereocenters. The maximum atomic E-state index is 9.35. The van der Waals surface area contributed by atoms with Crippen molar-refractivity contribution in [3.05, 3.63) is 47.5 Å². The van der Waals surface area contributed by atoms with Crippen LogP contribution in [-0.4, -0.2) is 5.75 Å². The van der Waals surface area contributed by atoms with Crippen molar-refractivity contribution >= 4 is 17.4 Å². The second-order valence-corrected chi connectivity index (χ2v) is 5.45. The number of hydrogen-bond acceptors (Lipinski definition) is 5. The van der Waals surface area contributed by atoms with Crippen molar-refractivity contribution in [3.8, 4) is 23.6 Å². The fraction of sp³-hybridized carbons (Fsp3) is 0.125. The van der Waals surface area contributed by atoms with Gasteiger partial charge in [0.25, 0.3) is 0 Å². The predicted molar refractivity (Wildman–Crippen MR) is 83.2 cm³/mol. The number of anilines is 1. The molecular formula is C16H13N3OS. The number of nitriles is 2. The van der Waals surface area contributed by atoms with E-state index in [0.29, 0.717) is 28.3 Å². The standard InChI is InChI=1S/C16H13N3OS/c1-2-21-16-5-3-4-15(13(16)10-18)20-14-7-6-12(19)8-11(14)9-17/h3-8H,2,19H2,1H3. The molecule has 5 heteroatoms. The molecule has 0 bridgehead atoms. The fourth-order valence-electron chi connectivity index (χ4n) is 1.82. The highest BCUT2D eigenvalue weighted by Crippen LogP contribution is 2.33. The average Bonchev–Trinajstić information content (AvgIpc) is 2.49. The number of thioether (sulfide) groups is 1. The first-order valence-corrected chi connectivity index (χ1v) is 7.31. The summed E-state index contributed by atoms with van der Waals surface area (Å²) in [6.07, 6.45) is 0. The van der Waals surface area contributed by atoms with Crippen molar-refractivity contribution in [1.82, 2.24) is 0 Å². The van der Waals surface area contributed by atoms with E-state index in [1.54, 1.807) is 36.0 Å². The zero-order valence-electron chi connectivity index (χ0n) is 11.5. The van der Waals surface area contributed by atoms with E-state index in [9.17, 15) is 5.26 Å². The molecule has 0 fully saturated rings. The summed E-state index contributed by atoms with van der Waals surface area (Å²) in [5.41, 5.74) is 6.97. The smallest absolute Gasteiger partial charge is 0.146 e. The Hall–Kier alpha value is -2.63. The van der Waals surface area contributed by atoms with Gasteiger partial charge in [0.05, 0.1) is 5.56 Å². The second-order valence-electron chi connectivity index (χ2n) is 4.14. The van der Waals surface area contributed by atoms with E-state index in [2.05, 4.69) is 6.07 Å². The largest absolute Gasteiger partial charge is 0.455 e. The number of rotatable bonds is 4. The molecule has 0 unspecified atom stereocenters. The zero-order valence-corrected chi connectivity index (χ0v) is 12.3. The minimum atomic E-state index is 0.340. The molecule has 0 amide bonds. The Bertz CT molecular complexity index is 744. The first-order chi connectivity index (χ1) is 10.2. The second kappa shape index (κ2) is 6.69. The van der Waals surface area contributed by atoms with E-state index >= 15 is 0 Å². The Labute approximate surface area is 127 Å². The van der Waals surface area contributed by atoms with Crippen LogP contribution in [0.5, 0.6) is 11.5 Å². The maximum absolute atomic E-state index is 9.35. The van der Waals surface area contributed by atoms with Gasteiger partial charge in [-0.05, 0) is 36.1 Å². The van der Waals surface area contributed by atoms with Crippen LogP contribution in [0.2, 0.25) is 0 Å². The van der Waals surface area contributed by atoms with Crippen LogP contribution in [0.3, 0.4) is 0 Å². The third-order valence-electron chi connectivity index (χ3n) is 2.74. The zero-order chi connectivity index (χ0) is 15.2. The number of nitrogens with two attached hydrogens (primary N) is 1. The molecule has 0 aliphatic rings. The number of benzene rings is 2. The maximum Gasteiger partial charge on any atom is 0.146 e. The quantitative estimate of drug-likeness (QED) is 0.683. The molecule has 4 nitrogen and oxygen atoms in total. The molecule has 0 heterocycles. The summed E-state index contributed by atoms with van der Waals surface area (Å²) in [7, 11) is 0. The lowest BCUT2D eigenvalue weighted by atomic mass is 10.2. The van der Waals surface area contributed by atoms with Crippen LogP contribution in [0.1, 0.15) is 18.1 Å². The van der Waals surface area contributed by atoms with Crippen molar-refractivity contribution in [2.75, 3.05) is 11.5 Å². The molecule has 0 saturated heterocycles. The summed E-state index contributed by atoms with van der Waals surface area (Å²) in [5, 5.41) is 18.5. The molecule has 2 aromatic rings. The van der Waals surface area contributed by atoms with Gasteiger partial charge in [0.15, 0.2) is 0 Å². The molecule has 104 valence electrons. The molecule has 0 aliphatic heterocycles. The van der Waals surface area contributed by atoms with Gasteiger partial charge < -0.3 is 10.5 Å². The first kappa shape index (κ1) is 14.8. The minimum absolute atomic E-state index is 0.340. The molecule has 2 N–H and O–H groups in total. The van der Waals surface area contributed by atoms with E-state index in [1.165, 1.54) is 0 Å². The first-order valence-electron chi connectivity index (χ1n) is 6.33. The molecular weight excluding hydrogens is 282 g/mol. The molecule has 0 saturated carbocycles.